The second-order valence-corrected chi connectivity index (χ2v) is 6.61. The third-order valence-electron chi connectivity index (χ3n) is 3.15. The van der Waals surface area contributed by atoms with E-state index in [2.05, 4.69) is 5.10 Å². The molecule has 0 aliphatic rings. The fourth-order valence-corrected chi connectivity index (χ4v) is 2.43. The maximum Gasteiger partial charge on any atom is 0.344 e. The van der Waals surface area contributed by atoms with Crippen LogP contribution in [0.3, 0.4) is 0 Å². The zero-order valence-corrected chi connectivity index (χ0v) is 15.2. The Labute approximate surface area is 145 Å². The van der Waals surface area contributed by atoms with Gasteiger partial charge in [-0.1, -0.05) is 39.3 Å². The molecule has 9 heteroatoms. The van der Waals surface area contributed by atoms with Gasteiger partial charge in [-0.05, 0) is 18.8 Å². The molecular formula is C15H23ClN4O4. The quantitative estimate of drug-likeness (QED) is 0.753. The van der Waals surface area contributed by atoms with Gasteiger partial charge >= 0.3 is 12.0 Å². The maximum absolute atomic E-state index is 12.4. The molecule has 0 saturated heterocycles. The minimum atomic E-state index is -1.17. The number of nitrogens with zero attached hydrogens (tertiary/aromatic N) is 2. The Bertz CT molecular complexity index is 640. The Morgan fingerprint density at radius 2 is 1.88 bits per heavy atom. The topological polar surface area (TPSA) is 116 Å². The zero-order valence-electron chi connectivity index (χ0n) is 14.4. The first-order valence-corrected chi connectivity index (χ1v) is 7.96. The van der Waals surface area contributed by atoms with Gasteiger partial charge in [0, 0.05) is 6.54 Å². The maximum atomic E-state index is 12.4. The van der Waals surface area contributed by atoms with E-state index in [1.807, 2.05) is 19.2 Å². The van der Waals surface area contributed by atoms with Gasteiger partial charge in [0.2, 0.25) is 0 Å². The third kappa shape index (κ3) is 4.95. The number of nitrogens with two attached hydrogens (primary N) is 1. The number of amides is 3. The van der Waals surface area contributed by atoms with Crippen molar-refractivity contribution in [2.24, 2.45) is 17.6 Å². The Kier molecular flexibility index (Phi) is 6.77. The van der Waals surface area contributed by atoms with Crippen LogP contribution in [0.15, 0.2) is 0 Å². The SMILES string of the molecule is Cc1nn(CC(C)C)c(Cl)c1C(=O)O[C@@H](C(=O)NC(N)=O)C(C)C. The Balaban J connectivity index is 3.02. The molecule has 1 aromatic rings. The van der Waals surface area contributed by atoms with Crippen LogP contribution in [0.4, 0.5) is 4.79 Å². The average Bonchev–Trinajstić information content (AvgIpc) is 2.68. The minimum absolute atomic E-state index is 0.106. The lowest BCUT2D eigenvalue weighted by Crippen LogP contribution is -2.45. The molecule has 0 aliphatic heterocycles. The molecule has 0 fully saturated rings. The number of esters is 1. The number of rotatable bonds is 6. The summed E-state index contributed by atoms with van der Waals surface area (Å²) in [6.45, 7) is 9.52. The van der Waals surface area contributed by atoms with Gasteiger partial charge < -0.3 is 10.5 Å². The van der Waals surface area contributed by atoms with Crippen LogP contribution in [0.25, 0.3) is 0 Å². The molecule has 1 heterocycles. The predicted molar refractivity (Wildman–Crippen MR) is 88.6 cm³/mol. The molecule has 3 N–H and O–H groups in total. The van der Waals surface area contributed by atoms with E-state index in [1.54, 1.807) is 20.8 Å². The highest BCUT2D eigenvalue weighted by molar-refractivity contribution is 6.32. The van der Waals surface area contributed by atoms with Crippen LogP contribution < -0.4 is 11.1 Å². The van der Waals surface area contributed by atoms with E-state index in [1.165, 1.54) is 4.68 Å². The van der Waals surface area contributed by atoms with E-state index in [0.717, 1.165) is 0 Å². The van der Waals surface area contributed by atoms with Crippen molar-refractivity contribution in [3.8, 4) is 0 Å². The van der Waals surface area contributed by atoms with Gasteiger partial charge in [-0.25, -0.2) is 9.59 Å². The number of halogens is 1. The molecule has 1 atom stereocenters. The molecule has 0 radical (unpaired) electrons. The van der Waals surface area contributed by atoms with Gasteiger partial charge in [0.1, 0.15) is 10.7 Å². The first kappa shape index (κ1) is 20.0. The second kappa shape index (κ2) is 8.14. The Morgan fingerprint density at radius 3 is 2.33 bits per heavy atom. The molecule has 1 rings (SSSR count). The fourth-order valence-electron chi connectivity index (χ4n) is 2.11. The molecular weight excluding hydrogens is 336 g/mol. The Hall–Kier alpha value is -2.09. The number of hydrogen-bond acceptors (Lipinski definition) is 5. The smallest absolute Gasteiger partial charge is 0.344 e. The molecule has 24 heavy (non-hydrogen) atoms. The summed E-state index contributed by atoms with van der Waals surface area (Å²) in [5.41, 5.74) is 5.44. The number of urea groups is 1. The van der Waals surface area contributed by atoms with Crippen molar-refractivity contribution in [1.82, 2.24) is 15.1 Å². The standard InChI is InChI=1S/C15H23ClN4O4/c1-7(2)6-20-12(16)10(9(5)19-20)14(22)24-11(8(3)4)13(21)18-15(17)23/h7-8,11H,6H2,1-5H3,(H3,17,18,21,23)/t11-/m1/s1. The van der Waals surface area contributed by atoms with E-state index in [9.17, 15) is 14.4 Å². The molecule has 3 amide bonds. The first-order valence-electron chi connectivity index (χ1n) is 7.58. The number of nitrogens with one attached hydrogen (secondary N) is 1. The van der Waals surface area contributed by atoms with Crippen LogP contribution in [0, 0.1) is 18.8 Å². The number of carbonyl (C=O) groups is 3. The summed E-state index contributed by atoms with van der Waals surface area (Å²) in [6.07, 6.45) is -1.17. The predicted octanol–water partition coefficient (Wildman–Crippen LogP) is 1.88. The number of ether oxygens (including phenoxy) is 1. The summed E-state index contributed by atoms with van der Waals surface area (Å²) < 4.78 is 6.76. The number of primary amides is 1. The molecule has 0 spiro atoms. The first-order chi connectivity index (χ1) is 11.0. The van der Waals surface area contributed by atoms with Crippen LogP contribution in [-0.4, -0.2) is 33.8 Å². The summed E-state index contributed by atoms with van der Waals surface area (Å²) in [5, 5.41) is 6.29. The van der Waals surface area contributed by atoms with E-state index in [-0.39, 0.29) is 22.6 Å². The van der Waals surface area contributed by atoms with Crippen LogP contribution in [0.2, 0.25) is 5.15 Å². The highest BCUT2D eigenvalue weighted by atomic mass is 35.5. The number of aryl methyl sites for hydroxylation is 1. The van der Waals surface area contributed by atoms with Gasteiger partial charge in [-0.2, -0.15) is 5.10 Å². The van der Waals surface area contributed by atoms with Gasteiger partial charge in [-0.3, -0.25) is 14.8 Å². The lowest BCUT2D eigenvalue weighted by atomic mass is 10.1. The fraction of sp³-hybridized carbons (Fsp3) is 0.600. The molecule has 1 aromatic heterocycles. The number of aromatic nitrogens is 2. The van der Waals surface area contributed by atoms with Gasteiger partial charge in [0.05, 0.1) is 5.69 Å². The minimum Gasteiger partial charge on any atom is -0.448 e. The molecule has 8 nitrogen and oxygen atoms in total. The van der Waals surface area contributed by atoms with Crippen LogP contribution in [-0.2, 0) is 16.1 Å². The summed E-state index contributed by atoms with van der Waals surface area (Å²) in [7, 11) is 0. The van der Waals surface area contributed by atoms with Gasteiger partial charge in [0.15, 0.2) is 6.10 Å². The van der Waals surface area contributed by atoms with Crippen molar-refractivity contribution in [2.45, 2.75) is 47.3 Å². The summed E-state index contributed by atoms with van der Waals surface area (Å²) >= 11 is 6.22. The highest BCUT2D eigenvalue weighted by Crippen LogP contribution is 2.23. The molecule has 0 aliphatic carbocycles. The largest absolute Gasteiger partial charge is 0.448 e. The monoisotopic (exact) mass is 358 g/mol. The van der Waals surface area contributed by atoms with Crippen molar-refractivity contribution in [2.75, 3.05) is 0 Å². The molecule has 0 unspecified atom stereocenters. The number of imide groups is 1. The third-order valence-corrected chi connectivity index (χ3v) is 3.54. The Morgan fingerprint density at radius 1 is 1.29 bits per heavy atom. The van der Waals surface area contributed by atoms with E-state index < -0.39 is 24.0 Å². The molecule has 0 aromatic carbocycles. The van der Waals surface area contributed by atoms with E-state index in [4.69, 9.17) is 22.1 Å². The molecule has 0 bridgehead atoms. The van der Waals surface area contributed by atoms with Crippen LogP contribution >= 0.6 is 11.6 Å². The summed E-state index contributed by atoms with van der Waals surface area (Å²) in [5.74, 6) is -1.63. The van der Waals surface area contributed by atoms with Crippen LogP contribution in [0.5, 0.6) is 0 Å². The van der Waals surface area contributed by atoms with Crippen molar-refractivity contribution in [1.29, 1.82) is 0 Å². The normalized spacial score (nSPS) is 12.3. The molecule has 0 saturated carbocycles. The van der Waals surface area contributed by atoms with E-state index >= 15 is 0 Å². The van der Waals surface area contributed by atoms with Gasteiger partial charge in [-0.15, -0.1) is 0 Å². The van der Waals surface area contributed by atoms with Gasteiger partial charge in [0.25, 0.3) is 5.91 Å². The second-order valence-electron chi connectivity index (χ2n) is 6.25. The lowest BCUT2D eigenvalue weighted by molar-refractivity contribution is -0.130. The van der Waals surface area contributed by atoms with Crippen molar-refractivity contribution < 1.29 is 19.1 Å². The lowest BCUT2D eigenvalue weighted by Gasteiger charge is -2.19. The summed E-state index contributed by atoms with van der Waals surface area (Å²) in [4.78, 5) is 35.2. The number of hydrogen-bond donors (Lipinski definition) is 2. The van der Waals surface area contributed by atoms with Crippen molar-refractivity contribution in [3.05, 3.63) is 16.4 Å². The average molecular weight is 359 g/mol. The number of carbonyl (C=O) groups excluding carboxylic acids is 3. The zero-order chi connectivity index (χ0) is 18.6. The highest BCUT2D eigenvalue weighted by Gasteiger charge is 2.30. The van der Waals surface area contributed by atoms with Crippen molar-refractivity contribution in [3.63, 3.8) is 0 Å². The molecule has 134 valence electrons. The summed E-state index contributed by atoms with van der Waals surface area (Å²) in [6, 6.07) is -1.01. The van der Waals surface area contributed by atoms with Crippen molar-refractivity contribution >= 4 is 29.5 Å². The van der Waals surface area contributed by atoms with Crippen LogP contribution in [0.1, 0.15) is 43.7 Å². The van der Waals surface area contributed by atoms with E-state index in [0.29, 0.717) is 12.2 Å².